The Morgan fingerprint density at radius 1 is 1.05 bits per heavy atom. The van der Waals surface area contributed by atoms with Gasteiger partial charge in [0.15, 0.2) is 0 Å². The van der Waals surface area contributed by atoms with Crippen LogP contribution < -0.4 is 10.1 Å². The predicted octanol–water partition coefficient (Wildman–Crippen LogP) is 3.82. The Bertz CT molecular complexity index is 569. The monoisotopic (exact) mass is 273 g/mol. The summed E-state index contributed by atoms with van der Waals surface area (Å²) in [6, 6.07) is 13.3. The summed E-state index contributed by atoms with van der Waals surface area (Å²) >= 11 is 0. The lowest BCUT2D eigenvalue weighted by molar-refractivity contribution is 0.340. The van der Waals surface area contributed by atoms with Crippen LogP contribution in [0.5, 0.6) is 5.75 Å². The normalized spacial score (nSPS) is 10.6. The van der Waals surface area contributed by atoms with Crippen molar-refractivity contribution in [2.75, 3.05) is 6.61 Å². The minimum absolute atomic E-state index is 0.150. The average molecular weight is 273 g/mol. The van der Waals surface area contributed by atoms with Crippen molar-refractivity contribution in [1.82, 2.24) is 5.32 Å². The third kappa shape index (κ3) is 4.07. The van der Waals surface area contributed by atoms with Crippen molar-refractivity contribution < 1.29 is 9.13 Å². The predicted molar refractivity (Wildman–Crippen MR) is 79.3 cm³/mol. The first-order valence-corrected chi connectivity index (χ1v) is 6.86. The van der Waals surface area contributed by atoms with Gasteiger partial charge in [0.1, 0.15) is 11.6 Å². The maximum Gasteiger partial charge on any atom is 0.126 e. The molecule has 0 unspecified atom stereocenters. The van der Waals surface area contributed by atoms with Gasteiger partial charge in [0, 0.05) is 13.1 Å². The molecule has 0 spiro atoms. The van der Waals surface area contributed by atoms with Gasteiger partial charge >= 0.3 is 0 Å². The fourth-order valence-corrected chi connectivity index (χ4v) is 2.01. The van der Waals surface area contributed by atoms with Crippen molar-refractivity contribution in [3.63, 3.8) is 0 Å². The molecular weight excluding hydrogens is 253 g/mol. The van der Waals surface area contributed by atoms with Crippen molar-refractivity contribution in [2.24, 2.45) is 0 Å². The molecule has 0 heterocycles. The maximum atomic E-state index is 13.4. The third-order valence-electron chi connectivity index (χ3n) is 3.10. The van der Waals surface area contributed by atoms with Crippen LogP contribution in [-0.2, 0) is 13.1 Å². The van der Waals surface area contributed by atoms with E-state index in [1.54, 1.807) is 13.0 Å². The van der Waals surface area contributed by atoms with E-state index in [2.05, 4.69) is 5.32 Å². The molecule has 20 heavy (non-hydrogen) atoms. The van der Waals surface area contributed by atoms with Gasteiger partial charge in [-0.3, -0.25) is 0 Å². The number of halogens is 1. The van der Waals surface area contributed by atoms with E-state index in [0.29, 0.717) is 18.7 Å². The van der Waals surface area contributed by atoms with Gasteiger partial charge in [-0.05, 0) is 48.7 Å². The van der Waals surface area contributed by atoms with E-state index >= 15 is 0 Å². The topological polar surface area (TPSA) is 21.3 Å². The number of hydrogen-bond acceptors (Lipinski definition) is 2. The molecule has 0 radical (unpaired) electrons. The second-order valence-corrected chi connectivity index (χ2v) is 4.77. The molecule has 0 amide bonds. The minimum Gasteiger partial charge on any atom is -0.494 e. The Kier molecular flexibility index (Phi) is 5.13. The summed E-state index contributed by atoms with van der Waals surface area (Å²) in [6.07, 6.45) is 0. The molecule has 0 fully saturated rings. The Balaban J connectivity index is 1.89. The second-order valence-electron chi connectivity index (χ2n) is 4.77. The van der Waals surface area contributed by atoms with Crippen molar-refractivity contribution in [3.8, 4) is 5.75 Å². The minimum atomic E-state index is -0.150. The summed E-state index contributed by atoms with van der Waals surface area (Å²) in [6.45, 7) is 5.79. The largest absolute Gasteiger partial charge is 0.494 e. The molecule has 2 rings (SSSR count). The lowest BCUT2D eigenvalue weighted by Crippen LogP contribution is -2.13. The molecule has 0 aliphatic carbocycles. The molecule has 106 valence electrons. The van der Waals surface area contributed by atoms with Crippen LogP contribution in [0.2, 0.25) is 0 Å². The second kappa shape index (κ2) is 7.06. The number of nitrogens with one attached hydrogen (secondary N) is 1. The Hall–Kier alpha value is -1.87. The molecule has 1 N–H and O–H groups in total. The van der Waals surface area contributed by atoms with E-state index < -0.39 is 0 Å². The molecular formula is C17H20FNO. The van der Waals surface area contributed by atoms with Gasteiger partial charge in [-0.1, -0.05) is 24.3 Å². The molecule has 0 aliphatic heterocycles. The van der Waals surface area contributed by atoms with Gasteiger partial charge in [0.05, 0.1) is 6.61 Å². The van der Waals surface area contributed by atoms with E-state index in [4.69, 9.17) is 4.74 Å². The van der Waals surface area contributed by atoms with Crippen LogP contribution in [-0.4, -0.2) is 6.61 Å². The van der Waals surface area contributed by atoms with Crippen molar-refractivity contribution >= 4 is 0 Å². The molecule has 3 heteroatoms. The SMILES string of the molecule is CCOc1cccc(CNCc2ccc(C)c(F)c2)c1. The number of aryl methyl sites for hydroxylation is 1. The number of hydrogen-bond donors (Lipinski definition) is 1. The van der Waals surface area contributed by atoms with Crippen LogP contribution in [0.1, 0.15) is 23.6 Å². The molecule has 2 aromatic rings. The summed E-state index contributed by atoms with van der Waals surface area (Å²) in [5.74, 6) is 0.732. The summed E-state index contributed by atoms with van der Waals surface area (Å²) in [7, 11) is 0. The zero-order valence-corrected chi connectivity index (χ0v) is 11.9. The number of ether oxygens (including phenoxy) is 1. The van der Waals surface area contributed by atoms with Crippen molar-refractivity contribution in [3.05, 3.63) is 65.0 Å². The van der Waals surface area contributed by atoms with Gasteiger partial charge in [-0.15, -0.1) is 0 Å². The molecule has 0 saturated carbocycles. The van der Waals surface area contributed by atoms with Crippen LogP contribution in [0.3, 0.4) is 0 Å². The summed E-state index contributed by atoms with van der Waals surface area (Å²) in [4.78, 5) is 0. The molecule has 0 atom stereocenters. The smallest absolute Gasteiger partial charge is 0.126 e. The summed E-state index contributed by atoms with van der Waals surface area (Å²) in [5, 5.41) is 3.31. The molecule has 2 aromatic carbocycles. The van der Waals surface area contributed by atoms with Gasteiger partial charge < -0.3 is 10.1 Å². The van der Waals surface area contributed by atoms with E-state index in [9.17, 15) is 4.39 Å². The molecule has 0 aromatic heterocycles. The molecule has 2 nitrogen and oxygen atoms in total. The molecule has 0 aliphatic rings. The fraction of sp³-hybridized carbons (Fsp3) is 0.294. The lowest BCUT2D eigenvalue weighted by atomic mass is 10.1. The highest BCUT2D eigenvalue weighted by Crippen LogP contribution is 2.13. The van der Waals surface area contributed by atoms with E-state index in [0.717, 1.165) is 23.4 Å². The first-order valence-electron chi connectivity index (χ1n) is 6.86. The third-order valence-corrected chi connectivity index (χ3v) is 3.10. The number of rotatable bonds is 6. The van der Waals surface area contributed by atoms with Crippen LogP contribution in [0, 0.1) is 12.7 Å². The van der Waals surface area contributed by atoms with Gasteiger partial charge in [-0.25, -0.2) is 4.39 Å². The highest BCUT2D eigenvalue weighted by molar-refractivity contribution is 5.28. The average Bonchev–Trinajstić information content (AvgIpc) is 2.44. The van der Waals surface area contributed by atoms with Crippen LogP contribution in [0.15, 0.2) is 42.5 Å². The quantitative estimate of drug-likeness (QED) is 0.864. The van der Waals surface area contributed by atoms with Crippen molar-refractivity contribution in [2.45, 2.75) is 26.9 Å². The fourth-order valence-electron chi connectivity index (χ4n) is 2.01. The van der Waals surface area contributed by atoms with Gasteiger partial charge in [0.25, 0.3) is 0 Å². The Morgan fingerprint density at radius 2 is 1.80 bits per heavy atom. The first-order chi connectivity index (χ1) is 9.69. The van der Waals surface area contributed by atoms with Crippen LogP contribution in [0.25, 0.3) is 0 Å². The highest BCUT2D eigenvalue weighted by Gasteiger charge is 2.00. The van der Waals surface area contributed by atoms with E-state index in [-0.39, 0.29) is 5.82 Å². The van der Waals surface area contributed by atoms with E-state index in [1.807, 2.05) is 43.3 Å². The summed E-state index contributed by atoms with van der Waals surface area (Å²) < 4.78 is 18.9. The Labute approximate surface area is 119 Å². The van der Waals surface area contributed by atoms with Crippen LogP contribution >= 0.6 is 0 Å². The van der Waals surface area contributed by atoms with Crippen LogP contribution in [0.4, 0.5) is 4.39 Å². The standard InChI is InChI=1S/C17H20FNO/c1-3-20-16-6-4-5-14(9-16)11-19-12-15-8-7-13(2)17(18)10-15/h4-10,19H,3,11-12H2,1-2H3. The van der Waals surface area contributed by atoms with Gasteiger partial charge in [0.2, 0.25) is 0 Å². The van der Waals surface area contributed by atoms with Gasteiger partial charge in [-0.2, -0.15) is 0 Å². The zero-order chi connectivity index (χ0) is 14.4. The first kappa shape index (κ1) is 14.5. The van der Waals surface area contributed by atoms with Crippen molar-refractivity contribution in [1.29, 1.82) is 0 Å². The zero-order valence-electron chi connectivity index (χ0n) is 11.9. The Morgan fingerprint density at radius 3 is 2.50 bits per heavy atom. The van der Waals surface area contributed by atoms with E-state index in [1.165, 1.54) is 0 Å². The number of benzene rings is 2. The maximum absolute atomic E-state index is 13.4. The summed E-state index contributed by atoms with van der Waals surface area (Å²) in [5.41, 5.74) is 2.79. The highest BCUT2D eigenvalue weighted by atomic mass is 19.1. The molecule has 0 bridgehead atoms. The lowest BCUT2D eigenvalue weighted by Gasteiger charge is -2.08. The molecule has 0 saturated heterocycles.